The van der Waals surface area contributed by atoms with Crippen LogP contribution >= 0.6 is 23.2 Å². The molecule has 1 aliphatic rings. The number of halogens is 2. The Bertz CT molecular complexity index is 397. The van der Waals surface area contributed by atoms with Crippen LogP contribution < -0.4 is 5.32 Å². The van der Waals surface area contributed by atoms with Gasteiger partial charge in [-0.3, -0.25) is 0 Å². The predicted octanol–water partition coefficient (Wildman–Crippen LogP) is 5.22. The number of hydrogen-bond acceptors (Lipinski definition) is 1. The van der Waals surface area contributed by atoms with Crippen LogP contribution in [0.25, 0.3) is 0 Å². The maximum atomic E-state index is 6.26. The highest BCUT2D eigenvalue weighted by Gasteiger charge is 2.21. The van der Waals surface area contributed by atoms with E-state index in [0.29, 0.717) is 16.1 Å². The summed E-state index contributed by atoms with van der Waals surface area (Å²) in [6.07, 6.45) is 5.19. The van der Waals surface area contributed by atoms with E-state index in [1.165, 1.54) is 25.7 Å². The Morgan fingerprint density at radius 3 is 2.50 bits per heavy atom. The van der Waals surface area contributed by atoms with Crippen LogP contribution in [0.4, 0.5) is 0 Å². The molecular formula is C15H21Cl2N. The zero-order valence-corrected chi connectivity index (χ0v) is 12.6. The minimum atomic E-state index is 0.259. The summed E-state index contributed by atoms with van der Waals surface area (Å²) in [4.78, 5) is 0. The monoisotopic (exact) mass is 285 g/mol. The van der Waals surface area contributed by atoms with Gasteiger partial charge >= 0.3 is 0 Å². The van der Waals surface area contributed by atoms with E-state index < -0.39 is 0 Å². The van der Waals surface area contributed by atoms with Gasteiger partial charge in [-0.2, -0.15) is 0 Å². The fourth-order valence-corrected chi connectivity index (χ4v) is 3.20. The van der Waals surface area contributed by atoms with E-state index in [-0.39, 0.29) is 6.04 Å². The van der Waals surface area contributed by atoms with Crippen LogP contribution in [0, 0.1) is 5.92 Å². The molecule has 1 fully saturated rings. The van der Waals surface area contributed by atoms with Gasteiger partial charge in [0.2, 0.25) is 0 Å². The first-order chi connectivity index (χ1) is 8.58. The molecule has 1 atom stereocenters. The zero-order chi connectivity index (χ0) is 13.1. The lowest BCUT2D eigenvalue weighted by Gasteiger charge is -2.30. The molecule has 18 heavy (non-hydrogen) atoms. The van der Waals surface area contributed by atoms with E-state index in [0.717, 1.165) is 11.5 Å². The lowest BCUT2D eigenvalue weighted by molar-refractivity contribution is 0.292. The van der Waals surface area contributed by atoms with E-state index in [2.05, 4.69) is 25.2 Å². The Morgan fingerprint density at radius 2 is 1.83 bits per heavy atom. The Kier molecular flexibility index (Phi) is 4.94. The molecule has 0 saturated heterocycles. The van der Waals surface area contributed by atoms with Crippen LogP contribution in [-0.2, 0) is 0 Å². The summed E-state index contributed by atoms with van der Waals surface area (Å²) in [5.41, 5.74) is 1.10. The first-order valence-corrected chi connectivity index (χ1v) is 7.53. The Hall–Kier alpha value is -0.240. The average molecular weight is 286 g/mol. The van der Waals surface area contributed by atoms with Crippen molar-refractivity contribution >= 4 is 23.2 Å². The van der Waals surface area contributed by atoms with Gasteiger partial charge < -0.3 is 5.32 Å². The lowest BCUT2D eigenvalue weighted by Crippen LogP contribution is -2.34. The number of nitrogens with one attached hydrogen (secondary N) is 1. The summed E-state index contributed by atoms with van der Waals surface area (Å²) in [6.45, 7) is 4.50. The summed E-state index contributed by atoms with van der Waals surface area (Å²) in [6, 6.07) is 6.73. The summed E-state index contributed by atoms with van der Waals surface area (Å²) in [5.74, 6) is 0.883. The van der Waals surface area contributed by atoms with E-state index >= 15 is 0 Å². The smallest absolute Gasteiger partial charge is 0.0639 e. The van der Waals surface area contributed by atoms with Gasteiger partial charge in [0.1, 0.15) is 0 Å². The Balaban J connectivity index is 1.99. The highest BCUT2D eigenvalue weighted by Crippen LogP contribution is 2.31. The third-order valence-electron chi connectivity index (χ3n) is 3.95. The van der Waals surface area contributed by atoms with Gasteiger partial charge in [0.25, 0.3) is 0 Å². The molecule has 1 aromatic carbocycles. The van der Waals surface area contributed by atoms with Crippen molar-refractivity contribution in [2.45, 2.75) is 51.6 Å². The van der Waals surface area contributed by atoms with Gasteiger partial charge in [-0.15, -0.1) is 0 Å². The number of rotatable bonds is 3. The molecule has 0 aliphatic heterocycles. The van der Waals surface area contributed by atoms with Crippen LogP contribution in [0.15, 0.2) is 18.2 Å². The Labute approximate surface area is 120 Å². The van der Waals surface area contributed by atoms with Crippen LogP contribution in [0.2, 0.25) is 10.0 Å². The number of benzene rings is 1. The van der Waals surface area contributed by atoms with E-state index in [9.17, 15) is 0 Å². The molecule has 100 valence electrons. The average Bonchev–Trinajstić information content (AvgIpc) is 2.35. The van der Waals surface area contributed by atoms with E-state index in [4.69, 9.17) is 23.2 Å². The van der Waals surface area contributed by atoms with Gasteiger partial charge in [0.05, 0.1) is 10.0 Å². The van der Waals surface area contributed by atoms with Crippen LogP contribution in [0.3, 0.4) is 0 Å². The predicted molar refractivity (Wildman–Crippen MR) is 79.4 cm³/mol. The van der Waals surface area contributed by atoms with Crippen molar-refractivity contribution < 1.29 is 0 Å². The van der Waals surface area contributed by atoms with Crippen molar-refractivity contribution in [1.29, 1.82) is 0 Å². The van der Waals surface area contributed by atoms with E-state index in [1.807, 2.05) is 12.1 Å². The third kappa shape index (κ3) is 3.40. The second kappa shape index (κ2) is 6.27. The third-order valence-corrected chi connectivity index (χ3v) is 4.78. The standard InChI is InChI=1S/C15H21Cl2N/c1-10-6-8-12(9-7-10)18-11(2)13-4-3-5-14(16)15(13)17/h3-5,10-12,18H,6-9H2,1-2H3. The van der Waals surface area contributed by atoms with Crippen molar-refractivity contribution in [2.75, 3.05) is 0 Å². The zero-order valence-electron chi connectivity index (χ0n) is 11.0. The highest BCUT2D eigenvalue weighted by molar-refractivity contribution is 6.42. The second-order valence-electron chi connectivity index (χ2n) is 5.49. The molecule has 1 N–H and O–H groups in total. The molecule has 0 spiro atoms. The van der Waals surface area contributed by atoms with E-state index in [1.54, 1.807) is 0 Å². The normalized spacial score (nSPS) is 26.0. The fraction of sp³-hybridized carbons (Fsp3) is 0.600. The molecule has 2 rings (SSSR count). The molecule has 1 saturated carbocycles. The number of hydrogen-bond donors (Lipinski definition) is 1. The molecule has 1 nitrogen and oxygen atoms in total. The molecule has 1 aromatic rings. The molecule has 0 aromatic heterocycles. The molecule has 0 radical (unpaired) electrons. The summed E-state index contributed by atoms with van der Waals surface area (Å²) >= 11 is 12.3. The van der Waals surface area contributed by atoms with Crippen LogP contribution in [0.5, 0.6) is 0 Å². The lowest BCUT2D eigenvalue weighted by atomic mass is 9.87. The summed E-state index contributed by atoms with van der Waals surface area (Å²) in [7, 11) is 0. The largest absolute Gasteiger partial charge is 0.307 e. The first kappa shape index (κ1) is 14.2. The van der Waals surface area contributed by atoms with Gasteiger partial charge in [-0.1, -0.05) is 42.3 Å². The van der Waals surface area contributed by atoms with Gasteiger partial charge in [-0.25, -0.2) is 0 Å². The molecule has 0 bridgehead atoms. The van der Waals surface area contributed by atoms with Gasteiger partial charge in [0, 0.05) is 12.1 Å². The highest BCUT2D eigenvalue weighted by atomic mass is 35.5. The van der Waals surface area contributed by atoms with Gasteiger partial charge in [-0.05, 0) is 50.2 Å². The summed E-state index contributed by atoms with van der Waals surface area (Å²) < 4.78 is 0. The molecule has 1 aliphatic carbocycles. The minimum Gasteiger partial charge on any atom is -0.307 e. The molecular weight excluding hydrogens is 265 g/mol. The molecule has 0 amide bonds. The van der Waals surface area contributed by atoms with Gasteiger partial charge in [0.15, 0.2) is 0 Å². The minimum absolute atomic E-state index is 0.259. The van der Waals surface area contributed by atoms with Crippen molar-refractivity contribution in [3.8, 4) is 0 Å². The van der Waals surface area contributed by atoms with Crippen LogP contribution in [-0.4, -0.2) is 6.04 Å². The first-order valence-electron chi connectivity index (χ1n) is 6.78. The van der Waals surface area contributed by atoms with Crippen molar-refractivity contribution in [1.82, 2.24) is 5.32 Å². The summed E-state index contributed by atoms with van der Waals surface area (Å²) in [5, 5.41) is 5.00. The quantitative estimate of drug-likeness (QED) is 0.803. The van der Waals surface area contributed by atoms with Crippen molar-refractivity contribution in [3.63, 3.8) is 0 Å². The van der Waals surface area contributed by atoms with Crippen LogP contribution in [0.1, 0.15) is 51.1 Å². The fourth-order valence-electron chi connectivity index (χ4n) is 2.72. The molecule has 1 unspecified atom stereocenters. The van der Waals surface area contributed by atoms with Crippen molar-refractivity contribution in [2.24, 2.45) is 5.92 Å². The maximum absolute atomic E-state index is 6.26. The second-order valence-corrected chi connectivity index (χ2v) is 6.27. The Morgan fingerprint density at radius 1 is 1.17 bits per heavy atom. The molecule has 3 heteroatoms. The maximum Gasteiger partial charge on any atom is 0.0639 e. The van der Waals surface area contributed by atoms with Crippen molar-refractivity contribution in [3.05, 3.63) is 33.8 Å². The topological polar surface area (TPSA) is 12.0 Å². The SMILES string of the molecule is CC1CCC(NC(C)c2cccc(Cl)c2Cl)CC1. The molecule has 0 heterocycles.